The van der Waals surface area contributed by atoms with Crippen molar-refractivity contribution in [2.75, 3.05) is 18.8 Å². The Morgan fingerprint density at radius 3 is 2.64 bits per heavy atom. The fourth-order valence-electron chi connectivity index (χ4n) is 3.22. The van der Waals surface area contributed by atoms with Crippen molar-refractivity contribution in [2.24, 2.45) is 0 Å². The summed E-state index contributed by atoms with van der Waals surface area (Å²) in [6.07, 6.45) is 0.0716. The van der Waals surface area contributed by atoms with Gasteiger partial charge in [0.05, 0.1) is 30.8 Å². The van der Waals surface area contributed by atoms with Gasteiger partial charge < -0.3 is 19.5 Å². The molecule has 0 unspecified atom stereocenters. The minimum Gasteiger partial charge on any atom is -0.465 e. The van der Waals surface area contributed by atoms with Gasteiger partial charge in [0.1, 0.15) is 0 Å². The van der Waals surface area contributed by atoms with Crippen molar-refractivity contribution in [1.82, 2.24) is 5.32 Å². The van der Waals surface area contributed by atoms with Gasteiger partial charge in [0.2, 0.25) is 12.7 Å². The van der Waals surface area contributed by atoms with Gasteiger partial charge in [0.15, 0.2) is 11.5 Å². The third kappa shape index (κ3) is 3.29. The number of nitrogens with one attached hydrogen (secondary N) is 1. The number of carbonyl (C=O) groups is 3. The van der Waals surface area contributed by atoms with Crippen LogP contribution in [0.2, 0.25) is 0 Å². The molecule has 1 N–H and O–H groups in total. The average molecular weight is 382 g/mol. The number of rotatable bonds is 5. The van der Waals surface area contributed by atoms with E-state index in [1.165, 1.54) is 19.2 Å². The Morgan fingerprint density at radius 2 is 1.89 bits per heavy atom. The SMILES string of the molecule is COC(=O)c1ccc(N2C(=O)C[C@@H](NCc3ccc4c(c3)OCO4)C2=O)cc1. The van der Waals surface area contributed by atoms with Crippen molar-refractivity contribution < 1.29 is 28.6 Å². The largest absolute Gasteiger partial charge is 0.465 e. The van der Waals surface area contributed by atoms with Crippen LogP contribution in [0.15, 0.2) is 42.5 Å². The molecule has 1 saturated heterocycles. The van der Waals surface area contributed by atoms with Crippen molar-refractivity contribution in [3.63, 3.8) is 0 Å². The molecule has 28 heavy (non-hydrogen) atoms. The molecule has 0 spiro atoms. The molecule has 0 radical (unpaired) electrons. The number of hydrogen-bond acceptors (Lipinski definition) is 7. The van der Waals surface area contributed by atoms with Crippen molar-refractivity contribution >= 4 is 23.5 Å². The van der Waals surface area contributed by atoms with Crippen LogP contribution in [-0.4, -0.2) is 37.7 Å². The first kappa shape index (κ1) is 18.0. The highest BCUT2D eigenvalue weighted by atomic mass is 16.7. The Morgan fingerprint density at radius 1 is 1.14 bits per heavy atom. The number of nitrogens with zero attached hydrogens (tertiary/aromatic N) is 1. The van der Waals surface area contributed by atoms with E-state index < -0.39 is 12.0 Å². The average Bonchev–Trinajstić information content (AvgIpc) is 3.29. The number of methoxy groups -OCH3 is 1. The van der Waals surface area contributed by atoms with Crippen molar-refractivity contribution in [3.05, 3.63) is 53.6 Å². The molecular weight excluding hydrogens is 364 g/mol. The Labute approximate surface area is 161 Å². The van der Waals surface area contributed by atoms with Gasteiger partial charge >= 0.3 is 5.97 Å². The lowest BCUT2D eigenvalue weighted by Crippen LogP contribution is -2.38. The number of benzene rings is 2. The lowest BCUT2D eigenvalue weighted by molar-refractivity contribution is -0.121. The van der Waals surface area contributed by atoms with Crippen LogP contribution in [0.5, 0.6) is 11.5 Å². The van der Waals surface area contributed by atoms with Gasteiger partial charge in [-0.25, -0.2) is 9.69 Å². The molecule has 2 aliphatic rings. The molecule has 0 bridgehead atoms. The Hall–Kier alpha value is -3.39. The topological polar surface area (TPSA) is 94.2 Å². The third-order valence-corrected chi connectivity index (χ3v) is 4.68. The van der Waals surface area contributed by atoms with E-state index in [4.69, 9.17) is 9.47 Å². The molecule has 0 aliphatic carbocycles. The number of anilines is 1. The summed E-state index contributed by atoms with van der Waals surface area (Å²) in [5.41, 5.74) is 1.70. The molecule has 2 aromatic rings. The number of hydrogen-bond donors (Lipinski definition) is 1. The number of esters is 1. The molecule has 2 aromatic carbocycles. The molecule has 0 aromatic heterocycles. The highest BCUT2D eigenvalue weighted by Gasteiger charge is 2.39. The maximum atomic E-state index is 12.7. The molecule has 2 amide bonds. The Balaban J connectivity index is 1.43. The first-order valence-corrected chi connectivity index (χ1v) is 8.74. The lowest BCUT2D eigenvalue weighted by Gasteiger charge is -2.16. The van der Waals surface area contributed by atoms with Gasteiger partial charge in [-0.3, -0.25) is 9.59 Å². The standard InChI is InChI=1S/C20H18N2O6/c1-26-20(25)13-3-5-14(6-4-13)22-18(23)9-15(19(22)24)21-10-12-2-7-16-17(8-12)28-11-27-16/h2-8,15,21H,9-11H2,1H3/t15-/m1/s1. The van der Waals surface area contributed by atoms with E-state index >= 15 is 0 Å². The van der Waals surface area contributed by atoms with E-state index in [1.54, 1.807) is 12.1 Å². The second-order valence-electron chi connectivity index (χ2n) is 6.43. The maximum Gasteiger partial charge on any atom is 0.337 e. The highest BCUT2D eigenvalue weighted by Crippen LogP contribution is 2.32. The van der Waals surface area contributed by atoms with E-state index in [2.05, 4.69) is 10.1 Å². The van der Waals surface area contributed by atoms with Gasteiger partial charge in [-0.1, -0.05) is 6.07 Å². The summed E-state index contributed by atoms with van der Waals surface area (Å²) in [4.78, 5) is 37.7. The normalized spacial score (nSPS) is 17.9. The van der Waals surface area contributed by atoms with Crippen molar-refractivity contribution in [1.29, 1.82) is 0 Å². The maximum absolute atomic E-state index is 12.7. The first-order valence-electron chi connectivity index (χ1n) is 8.74. The molecule has 4 rings (SSSR count). The molecule has 1 atom stereocenters. The quantitative estimate of drug-likeness (QED) is 0.620. The van der Waals surface area contributed by atoms with Gasteiger partial charge in [-0.05, 0) is 42.0 Å². The summed E-state index contributed by atoms with van der Waals surface area (Å²) in [6, 6.07) is 11.1. The van der Waals surface area contributed by atoms with Crippen molar-refractivity contribution in [2.45, 2.75) is 19.0 Å². The summed E-state index contributed by atoms with van der Waals surface area (Å²) in [5.74, 6) is 0.266. The van der Waals surface area contributed by atoms with Crippen LogP contribution in [0, 0.1) is 0 Å². The summed E-state index contributed by atoms with van der Waals surface area (Å²) >= 11 is 0. The van der Waals surface area contributed by atoms with Crippen LogP contribution in [0.3, 0.4) is 0 Å². The minimum atomic E-state index is -0.613. The van der Waals surface area contributed by atoms with Crippen molar-refractivity contribution in [3.8, 4) is 11.5 Å². The van der Waals surface area contributed by atoms with Crippen LogP contribution in [-0.2, 0) is 20.9 Å². The van der Waals surface area contributed by atoms with Gasteiger partial charge in [-0.15, -0.1) is 0 Å². The predicted octanol–water partition coefficient (Wildman–Crippen LogP) is 1.62. The van der Waals surface area contributed by atoms with Crippen LogP contribution < -0.4 is 19.7 Å². The summed E-state index contributed by atoms with van der Waals surface area (Å²) < 4.78 is 15.3. The van der Waals surface area contributed by atoms with E-state index in [9.17, 15) is 14.4 Å². The molecular formula is C20H18N2O6. The van der Waals surface area contributed by atoms with Crippen LogP contribution in [0.4, 0.5) is 5.69 Å². The lowest BCUT2D eigenvalue weighted by atomic mass is 10.1. The van der Waals surface area contributed by atoms with Gasteiger partial charge in [0, 0.05) is 6.54 Å². The number of amides is 2. The number of imide groups is 1. The fourth-order valence-corrected chi connectivity index (χ4v) is 3.22. The zero-order valence-electron chi connectivity index (χ0n) is 15.1. The second kappa shape index (κ2) is 7.32. The van der Waals surface area contributed by atoms with E-state index in [0.717, 1.165) is 10.5 Å². The third-order valence-electron chi connectivity index (χ3n) is 4.68. The number of ether oxygens (including phenoxy) is 3. The number of fused-ring (bicyclic) bond motifs is 1. The summed E-state index contributed by atoms with van der Waals surface area (Å²) in [5, 5.41) is 3.13. The van der Waals surface area contributed by atoms with Crippen LogP contribution in [0.25, 0.3) is 0 Å². The molecule has 1 fully saturated rings. The molecule has 144 valence electrons. The molecule has 0 saturated carbocycles. The zero-order chi connectivity index (χ0) is 19.7. The summed E-state index contributed by atoms with van der Waals surface area (Å²) in [6.45, 7) is 0.612. The monoisotopic (exact) mass is 382 g/mol. The first-order chi connectivity index (χ1) is 13.6. The van der Waals surface area contributed by atoms with Crippen LogP contribution in [0.1, 0.15) is 22.3 Å². The van der Waals surface area contributed by atoms with E-state index in [1.807, 2.05) is 18.2 Å². The minimum absolute atomic E-state index is 0.0716. The molecule has 2 aliphatic heterocycles. The Kier molecular flexibility index (Phi) is 4.70. The fraction of sp³-hybridized carbons (Fsp3) is 0.250. The molecule has 8 heteroatoms. The molecule has 2 heterocycles. The Bertz CT molecular complexity index is 940. The number of carbonyl (C=O) groups excluding carboxylic acids is 3. The van der Waals surface area contributed by atoms with Gasteiger partial charge in [0.25, 0.3) is 5.91 Å². The van der Waals surface area contributed by atoms with Gasteiger partial charge in [-0.2, -0.15) is 0 Å². The zero-order valence-corrected chi connectivity index (χ0v) is 15.1. The van der Waals surface area contributed by atoms with E-state index in [0.29, 0.717) is 29.3 Å². The second-order valence-corrected chi connectivity index (χ2v) is 6.43. The molecule has 8 nitrogen and oxygen atoms in total. The smallest absolute Gasteiger partial charge is 0.337 e. The highest BCUT2D eigenvalue weighted by molar-refractivity contribution is 6.22. The van der Waals surface area contributed by atoms with E-state index in [-0.39, 0.29) is 25.0 Å². The predicted molar refractivity (Wildman–Crippen MR) is 98.1 cm³/mol. The summed E-state index contributed by atoms with van der Waals surface area (Å²) in [7, 11) is 1.29. The van der Waals surface area contributed by atoms with Crippen LogP contribution >= 0.6 is 0 Å².